The summed E-state index contributed by atoms with van der Waals surface area (Å²) in [5.41, 5.74) is 9.27. The molecule has 1 fully saturated rings. The molecule has 33 heavy (non-hydrogen) atoms. The summed E-state index contributed by atoms with van der Waals surface area (Å²) in [5, 5.41) is 0. The molecule has 1 saturated carbocycles. The third-order valence-electron chi connectivity index (χ3n) is 7.30. The monoisotopic (exact) mass is 557 g/mol. The second-order valence-corrected chi connectivity index (χ2v) is 11.1. The summed E-state index contributed by atoms with van der Waals surface area (Å²) in [4.78, 5) is 2.32. The lowest BCUT2D eigenvalue weighted by atomic mass is 9.66. The first-order chi connectivity index (χ1) is 16.2. The van der Waals surface area contributed by atoms with Crippen molar-refractivity contribution in [2.45, 2.75) is 37.5 Å². The number of hydrogen-bond donors (Lipinski definition) is 0. The quantitative estimate of drug-likeness (QED) is 0.241. The number of fused-ring (bicyclic) bond motifs is 2. The summed E-state index contributed by atoms with van der Waals surface area (Å²) < 4.78 is 2.17. The maximum atomic E-state index is 3.58. The maximum Gasteiger partial charge on any atom is 0.0467 e. The van der Waals surface area contributed by atoms with Crippen LogP contribution in [0.25, 0.3) is 11.1 Å². The molecular weight excluding hydrogens is 534 g/mol. The molecule has 7 rings (SSSR count). The minimum absolute atomic E-state index is 0.759. The van der Waals surface area contributed by atoms with Gasteiger partial charge in [-0.3, -0.25) is 0 Å². The average Bonchev–Trinajstić information content (AvgIpc) is 2.87. The van der Waals surface area contributed by atoms with Gasteiger partial charge in [0.1, 0.15) is 0 Å². The van der Waals surface area contributed by atoms with Gasteiger partial charge in [0.2, 0.25) is 0 Å². The van der Waals surface area contributed by atoms with Crippen molar-refractivity contribution in [1.29, 1.82) is 0 Å². The molecule has 0 heterocycles. The Morgan fingerprint density at radius 1 is 0.515 bits per heavy atom. The van der Waals surface area contributed by atoms with E-state index in [1.54, 1.807) is 11.1 Å². The molecule has 0 radical (unpaired) electrons. The largest absolute Gasteiger partial charge is 0.310 e. The molecule has 2 bridgehead atoms. The summed E-state index contributed by atoms with van der Waals surface area (Å²) in [6.45, 7) is 0. The van der Waals surface area contributed by atoms with E-state index in [9.17, 15) is 0 Å². The second-order valence-electron chi connectivity index (χ2n) is 9.23. The first-order valence-electron chi connectivity index (χ1n) is 11.7. The fourth-order valence-corrected chi connectivity index (χ4v) is 6.18. The van der Waals surface area contributed by atoms with Crippen LogP contribution in [0.4, 0.5) is 17.1 Å². The minimum atomic E-state index is 0.759. The van der Waals surface area contributed by atoms with Crippen LogP contribution in [0.2, 0.25) is 0 Å². The first-order valence-corrected chi connectivity index (χ1v) is 13.3. The fourth-order valence-electron chi connectivity index (χ4n) is 5.65. The van der Waals surface area contributed by atoms with E-state index in [1.165, 1.54) is 36.8 Å². The molecule has 0 atom stereocenters. The number of benzene rings is 4. The summed E-state index contributed by atoms with van der Waals surface area (Å²) >= 11 is 7.16. The Balaban J connectivity index is 1.43. The standard InChI is InChI=1S/C30H25Br2N/c31-24-9-13-26(14-10-24)33(27-15-11-25(32)12-16-27)28-3-1-2-22(18-28)23-8-17-29-20-4-6-21(7-5-20)30(29)19-23/h1-3,8-21H,4-7H2. The molecule has 1 nitrogen and oxygen atoms in total. The Bertz CT molecular complexity index is 1240. The summed E-state index contributed by atoms with van der Waals surface area (Å²) in [7, 11) is 0. The molecule has 4 aromatic carbocycles. The Morgan fingerprint density at radius 3 is 1.67 bits per heavy atom. The van der Waals surface area contributed by atoms with Crippen LogP contribution in [0.15, 0.2) is 99.9 Å². The third kappa shape index (κ3) is 4.06. The molecular formula is C30H25Br2N. The lowest BCUT2D eigenvalue weighted by molar-refractivity contribution is 0.359. The maximum absolute atomic E-state index is 3.58. The Hall–Kier alpha value is -2.36. The zero-order valence-electron chi connectivity index (χ0n) is 18.3. The van der Waals surface area contributed by atoms with Crippen LogP contribution < -0.4 is 4.90 Å². The second kappa shape index (κ2) is 8.77. The molecule has 0 spiro atoms. The molecule has 3 aliphatic rings. The zero-order chi connectivity index (χ0) is 22.4. The van der Waals surface area contributed by atoms with Crippen molar-refractivity contribution in [2.24, 2.45) is 0 Å². The third-order valence-corrected chi connectivity index (χ3v) is 8.36. The number of anilines is 3. The predicted octanol–water partition coefficient (Wildman–Crippen LogP) is 10.1. The average molecular weight is 559 g/mol. The van der Waals surface area contributed by atoms with E-state index >= 15 is 0 Å². The van der Waals surface area contributed by atoms with Crippen LogP contribution in [0.3, 0.4) is 0 Å². The molecule has 0 amide bonds. The van der Waals surface area contributed by atoms with Gasteiger partial charge < -0.3 is 4.90 Å². The van der Waals surface area contributed by atoms with Crippen LogP contribution >= 0.6 is 31.9 Å². The van der Waals surface area contributed by atoms with E-state index in [4.69, 9.17) is 0 Å². The van der Waals surface area contributed by atoms with E-state index in [0.29, 0.717) is 0 Å². The Labute approximate surface area is 212 Å². The smallest absolute Gasteiger partial charge is 0.0467 e. The van der Waals surface area contributed by atoms with Gasteiger partial charge in [-0.2, -0.15) is 0 Å². The fraction of sp³-hybridized carbons (Fsp3) is 0.200. The highest BCUT2D eigenvalue weighted by atomic mass is 79.9. The van der Waals surface area contributed by atoms with Crippen LogP contribution in [-0.2, 0) is 0 Å². The van der Waals surface area contributed by atoms with Gasteiger partial charge in [0.15, 0.2) is 0 Å². The van der Waals surface area contributed by atoms with Crippen molar-refractivity contribution >= 4 is 48.9 Å². The first kappa shape index (κ1) is 21.2. The van der Waals surface area contributed by atoms with E-state index in [2.05, 4.69) is 128 Å². The van der Waals surface area contributed by atoms with Gasteiger partial charge in [-0.05, 0) is 120 Å². The van der Waals surface area contributed by atoms with E-state index < -0.39 is 0 Å². The van der Waals surface area contributed by atoms with Crippen LogP contribution in [-0.4, -0.2) is 0 Å². The van der Waals surface area contributed by atoms with Gasteiger partial charge in [0.05, 0.1) is 0 Å². The highest BCUT2D eigenvalue weighted by Crippen LogP contribution is 2.50. The Morgan fingerprint density at radius 2 is 1.06 bits per heavy atom. The summed E-state index contributed by atoms with van der Waals surface area (Å²) in [6.07, 6.45) is 5.48. The molecule has 4 aromatic rings. The molecule has 0 aliphatic heterocycles. The normalized spacial score (nSPS) is 18.7. The summed E-state index contributed by atoms with van der Waals surface area (Å²) in [5.74, 6) is 1.55. The SMILES string of the molecule is Brc1ccc(N(c2ccc(Br)cc2)c2cccc(-c3ccc4c(c3)C3CCC4CC3)c2)cc1. The van der Waals surface area contributed by atoms with Crippen molar-refractivity contribution in [3.05, 3.63) is 111 Å². The van der Waals surface area contributed by atoms with E-state index in [1.807, 2.05) is 0 Å². The highest BCUT2D eigenvalue weighted by molar-refractivity contribution is 9.10. The van der Waals surface area contributed by atoms with Crippen molar-refractivity contribution in [2.75, 3.05) is 4.90 Å². The topological polar surface area (TPSA) is 3.24 Å². The predicted molar refractivity (Wildman–Crippen MR) is 146 cm³/mol. The van der Waals surface area contributed by atoms with Crippen LogP contribution in [0.1, 0.15) is 48.6 Å². The number of nitrogens with zero attached hydrogens (tertiary/aromatic N) is 1. The van der Waals surface area contributed by atoms with Gasteiger partial charge >= 0.3 is 0 Å². The van der Waals surface area contributed by atoms with Crippen molar-refractivity contribution in [3.63, 3.8) is 0 Å². The molecule has 3 aliphatic carbocycles. The molecule has 0 N–H and O–H groups in total. The number of hydrogen-bond acceptors (Lipinski definition) is 1. The van der Waals surface area contributed by atoms with Crippen LogP contribution in [0, 0.1) is 0 Å². The van der Waals surface area contributed by atoms with Crippen molar-refractivity contribution in [3.8, 4) is 11.1 Å². The number of halogens is 2. The molecule has 164 valence electrons. The molecule has 0 aromatic heterocycles. The van der Waals surface area contributed by atoms with Crippen molar-refractivity contribution < 1.29 is 0 Å². The molecule has 0 unspecified atom stereocenters. The van der Waals surface area contributed by atoms with Crippen molar-refractivity contribution in [1.82, 2.24) is 0 Å². The van der Waals surface area contributed by atoms with Gasteiger partial charge in [-0.15, -0.1) is 0 Å². The van der Waals surface area contributed by atoms with Gasteiger partial charge in [-0.25, -0.2) is 0 Å². The number of rotatable bonds is 4. The minimum Gasteiger partial charge on any atom is -0.310 e. The summed E-state index contributed by atoms with van der Waals surface area (Å²) in [6, 6.07) is 33.2. The van der Waals surface area contributed by atoms with Crippen LogP contribution in [0.5, 0.6) is 0 Å². The Kier molecular flexibility index (Phi) is 5.63. The molecule has 0 saturated heterocycles. The zero-order valence-corrected chi connectivity index (χ0v) is 21.5. The van der Waals surface area contributed by atoms with Gasteiger partial charge in [-0.1, -0.05) is 62.2 Å². The highest BCUT2D eigenvalue weighted by Gasteiger charge is 2.32. The van der Waals surface area contributed by atoms with E-state index in [0.717, 1.165) is 37.8 Å². The van der Waals surface area contributed by atoms with E-state index in [-0.39, 0.29) is 0 Å². The van der Waals surface area contributed by atoms with Gasteiger partial charge in [0.25, 0.3) is 0 Å². The lowest BCUT2D eigenvalue weighted by Gasteiger charge is -2.38. The lowest BCUT2D eigenvalue weighted by Crippen LogP contribution is -2.21. The van der Waals surface area contributed by atoms with Gasteiger partial charge in [0, 0.05) is 26.0 Å². The molecule has 3 heteroatoms.